The Hall–Kier alpha value is -0.0800. The molecule has 102 valence electrons. The minimum Gasteiger partial charge on any atom is -0.385 e. The Morgan fingerprint density at radius 2 is 1.71 bits per heavy atom. The van der Waals surface area contributed by atoms with Crippen molar-refractivity contribution in [2.75, 3.05) is 20.8 Å². The van der Waals surface area contributed by atoms with E-state index < -0.39 is 0 Å². The summed E-state index contributed by atoms with van der Waals surface area (Å²) >= 11 is 0. The molecule has 0 saturated heterocycles. The quantitative estimate of drug-likeness (QED) is 0.671. The van der Waals surface area contributed by atoms with Gasteiger partial charge in [0.1, 0.15) is 0 Å². The van der Waals surface area contributed by atoms with Gasteiger partial charge >= 0.3 is 0 Å². The lowest BCUT2D eigenvalue weighted by atomic mass is 9.64. The molecule has 0 bridgehead atoms. The fraction of sp³-hybridized carbons (Fsp3) is 1.00. The van der Waals surface area contributed by atoms with Crippen LogP contribution in [0.4, 0.5) is 0 Å². The lowest BCUT2D eigenvalue weighted by Gasteiger charge is -2.43. The zero-order chi connectivity index (χ0) is 12.7. The van der Waals surface area contributed by atoms with Crippen molar-refractivity contribution < 1.29 is 9.47 Å². The lowest BCUT2D eigenvalue weighted by Crippen LogP contribution is -2.35. The first kappa shape index (κ1) is 15.0. The molecule has 0 aromatic rings. The highest BCUT2D eigenvalue weighted by molar-refractivity contribution is 4.88. The third-order valence-electron chi connectivity index (χ3n) is 4.69. The predicted octanol–water partition coefficient (Wildman–Crippen LogP) is 4.03. The highest BCUT2D eigenvalue weighted by Gasteiger charge is 2.37. The molecule has 0 amide bonds. The van der Waals surface area contributed by atoms with E-state index in [9.17, 15) is 0 Å². The number of hydrogen-bond donors (Lipinski definition) is 0. The molecule has 1 fully saturated rings. The summed E-state index contributed by atoms with van der Waals surface area (Å²) in [5.74, 6) is 0.767. The Balaban J connectivity index is 2.57. The molecular formula is C15H30O2. The van der Waals surface area contributed by atoms with Crippen LogP contribution in [0.1, 0.15) is 58.8 Å². The average molecular weight is 242 g/mol. The zero-order valence-corrected chi connectivity index (χ0v) is 12.1. The third kappa shape index (κ3) is 4.26. The van der Waals surface area contributed by atoms with Crippen LogP contribution in [0.2, 0.25) is 0 Å². The van der Waals surface area contributed by atoms with Crippen molar-refractivity contribution in [1.29, 1.82) is 0 Å². The molecule has 1 unspecified atom stereocenters. The van der Waals surface area contributed by atoms with Gasteiger partial charge in [-0.3, -0.25) is 0 Å². The van der Waals surface area contributed by atoms with Gasteiger partial charge in [0.2, 0.25) is 0 Å². The van der Waals surface area contributed by atoms with Crippen molar-refractivity contribution in [3.8, 4) is 0 Å². The van der Waals surface area contributed by atoms with Crippen LogP contribution in [-0.2, 0) is 9.47 Å². The van der Waals surface area contributed by atoms with Gasteiger partial charge in [-0.15, -0.1) is 0 Å². The first-order chi connectivity index (χ1) is 8.14. The molecule has 0 aromatic carbocycles. The van der Waals surface area contributed by atoms with Crippen molar-refractivity contribution >= 4 is 0 Å². The fourth-order valence-corrected chi connectivity index (χ4v) is 3.28. The second kappa shape index (κ2) is 7.38. The van der Waals surface area contributed by atoms with E-state index in [4.69, 9.17) is 9.47 Å². The van der Waals surface area contributed by atoms with E-state index in [0.29, 0.717) is 11.5 Å². The minimum atomic E-state index is 0.371. The van der Waals surface area contributed by atoms with Crippen molar-refractivity contribution in [3.63, 3.8) is 0 Å². The van der Waals surface area contributed by atoms with Crippen LogP contribution in [0.15, 0.2) is 0 Å². The molecule has 0 aromatic heterocycles. The number of methoxy groups -OCH3 is 2. The van der Waals surface area contributed by atoms with Crippen molar-refractivity contribution in [2.45, 2.75) is 64.9 Å². The van der Waals surface area contributed by atoms with E-state index in [2.05, 4.69) is 13.8 Å². The van der Waals surface area contributed by atoms with Crippen LogP contribution in [0.3, 0.4) is 0 Å². The van der Waals surface area contributed by atoms with Crippen LogP contribution >= 0.6 is 0 Å². The van der Waals surface area contributed by atoms with E-state index in [0.717, 1.165) is 18.9 Å². The monoisotopic (exact) mass is 242 g/mol. The molecule has 0 N–H and O–H groups in total. The van der Waals surface area contributed by atoms with Crippen LogP contribution < -0.4 is 0 Å². The molecule has 1 saturated carbocycles. The molecule has 0 aliphatic heterocycles. The standard InChI is InChI=1S/C15H30O2/c1-13(2)15(9-6-5-7-10-15)12-14(17-4)8-11-16-3/h13-14H,5-12H2,1-4H3. The van der Waals surface area contributed by atoms with Gasteiger partial charge in [0, 0.05) is 20.8 Å². The van der Waals surface area contributed by atoms with E-state index in [-0.39, 0.29) is 0 Å². The molecule has 1 aliphatic rings. The Morgan fingerprint density at radius 1 is 1.06 bits per heavy atom. The number of hydrogen-bond acceptors (Lipinski definition) is 2. The first-order valence-electron chi connectivity index (χ1n) is 7.16. The summed E-state index contributed by atoms with van der Waals surface area (Å²) in [6.45, 7) is 5.58. The van der Waals surface area contributed by atoms with Gasteiger partial charge < -0.3 is 9.47 Å². The third-order valence-corrected chi connectivity index (χ3v) is 4.69. The van der Waals surface area contributed by atoms with Crippen LogP contribution in [0.25, 0.3) is 0 Å². The van der Waals surface area contributed by atoms with Crippen LogP contribution in [0.5, 0.6) is 0 Å². The van der Waals surface area contributed by atoms with Crippen molar-refractivity contribution in [1.82, 2.24) is 0 Å². The maximum Gasteiger partial charge on any atom is 0.0598 e. The summed E-state index contributed by atoms with van der Waals surface area (Å²) in [4.78, 5) is 0. The highest BCUT2D eigenvalue weighted by Crippen LogP contribution is 2.46. The molecule has 0 heterocycles. The molecule has 1 atom stereocenters. The normalized spacial score (nSPS) is 21.7. The largest absolute Gasteiger partial charge is 0.385 e. The zero-order valence-electron chi connectivity index (χ0n) is 12.1. The van der Waals surface area contributed by atoms with Gasteiger partial charge in [-0.1, -0.05) is 33.1 Å². The van der Waals surface area contributed by atoms with Crippen LogP contribution in [0, 0.1) is 11.3 Å². The Labute approximate surface area is 107 Å². The molecule has 1 aliphatic carbocycles. The Bertz CT molecular complexity index is 195. The first-order valence-corrected chi connectivity index (χ1v) is 7.16. The van der Waals surface area contributed by atoms with Crippen molar-refractivity contribution in [2.24, 2.45) is 11.3 Å². The maximum atomic E-state index is 5.65. The van der Waals surface area contributed by atoms with Gasteiger partial charge in [0.05, 0.1) is 6.10 Å². The molecule has 0 spiro atoms. The lowest BCUT2D eigenvalue weighted by molar-refractivity contribution is -0.00454. The Kier molecular flexibility index (Phi) is 6.50. The van der Waals surface area contributed by atoms with E-state index in [1.807, 2.05) is 7.11 Å². The van der Waals surface area contributed by atoms with Gasteiger partial charge in [-0.25, -0.2) is 0 Å². The number of rotatable bonds is 7. The Morgan fingerprint density at radius 3 is 2.18 bits per heavy atom. The summed E-state index contributed by atoms with van der Waals surface area (Å²) in [5, 5.41) is 0. The highest BCUT2D eigenvalue weighted by atomic mass is 16.5. The van der Waals surface area contributed by atoms with Gasteiger partial charge in [-0.05, 0) is 37.0 Å². The maximum absolute atomic E-state index is 5.65. The van der Waals surface area contributed by atoms with Gasteiger partial charge in [-0.2, -0.15) is 0 Å². The number of ether oxygens (including phenoxy) is 2. The summed E-state index contributed by atoms with van der Waals surface area (Å²) in [6.07, 6.45) is 9.61. The van der Waals surface area contributed by atoms with Crippen LogP contribution in [-0.4, -0.2) is 26.9 Å². The molecule has 2 nitrogen and oxygen atoms in total. The molecule has 17 heavy (non-hydrogen) atoms. The van der Waals surface area contributed by atoms with Gasteiger partial charge in [0.25, 0.3) is 0 Å². The summed E-state index contributed by atoms with van der Waals surface area (Å²) < 4.78 is 10.8. The minimum absolute atomic E-state index is 0.371. The van der Waals surface area contributed by atoms with Gasteiger partial charge in [0.15, 0.2) is 0 Å². The second-order valence-electron chi connectivity index (χ2n) is 5.92. The molecular weight excluding hydrogens is 212 g/mol. The van der Waals surface area contributed by atoms with E-state index >= 15 is 0 Å². The van der Waals surface area contributed by atoms with Crippen molar-refractivity contribution in [3.05, 3.63) is 0 Å². The molecule has 0 radical (unpaired) electrons. The molecule has 1 rings (SSSR count). The predicted molar refractivity (Wildman–Crippen MR) is 72.3 cm³/mol. The molecule has 2 heteroatoms. The SMILES string of the molecule is COCCC(CC1(C(C)C)CCCCC1)OC. The summed E-state index contributed by atoms with van der Waals surface area (Å²) in [7, 11) is 3.61. The topological polar surface area (TPSA) is 18.5 Å². The fourth-order valence-electron chi connectivity index (χ4n) is 3.28. The smallest absolute Gasteiger partial charge is 0.0598 e. The second-order valence-corrected chi connectivity index (χ2v) is 5.92. The van der Waals surface area contributed by atoms with E-state index in [1.165, 1.54) is 38.5 Å². The summed E-state index contributed by atoms with van der Waals surface area (Å²) in [5.41, 5.74) is 0.521. The average Bonchev–Trinajstić information content (AvgIpc) is 2.35. The van der Waals surface area contributed by atoms with E-state index in [1.54, 1.807) is 7.11 Å². The summed E-state index contributed by atoms with van der Waals surface area (Å²) in [6, 6.07) is 0.